The number of halogens is 3. The van der Waals surface area contributed by atoms with Crippen molar-refractivity contribution in [2.45, 2.75) is 38.6 Å². The van der Waals surface area contributed by atoms with Crippen LogP contribution < -0.4 is 10.5 Å². The Bertz CT molecular complexity index is 609. The third-order valence-corrected chi connectivity index (χ3v) is 3.50. The van der Waals surface area contributed by atoms with E-state index < -0.39 is 18.4 Å². The predicted octanol–water partition coefficient (Wildman–Crippen LogP) is 2.33. The molecular weight excluding hydrogens is 313 g/mol. The highest BCUT2D eigenvalue weighted by Gasteiger charge is 2.32. The summed E-state index contributed by atoms with van der Waals surface area (Å²) >= 11 is 0. The largest absolute Gasteiger partial charge is 0.482 e. The van der Waals surface area contributed by atoms with E-state index in [0.717, 1.165) is 0 Å². The Morgan fingerprint density at radius 1 is 1.35 bits per heavy atom. The summed E-state index contributed by atoms with van der Waals surface area (Å²) < 4.78 is 41.4. The molecule has 2 rings (SSSR count). The normalized spacial score (nSPS) is 15.0. The Hall–Kier alpha value is -1.96. The molecule has 0 saturated carbocycles. The van der Waals surface area contributed by atoms with Crippen molar-refractivity contribution in [3.63, 3.8) is 0 Å². The van der Waals surface area contributed by atoms with Gasteiger partial charge in [0.05, 0.1) is 11.3 Å². The lowest BCUT2D eigenvalue weighted by molar-refractivity contribution is -0.153. The van der Waals surface area contributed by atoms with Gasteiger partial charge in [-0.1, -0.05) is 0 Å². The average Bonchev–Trinajstić information content (AvgIpc) is 2.68. The van der Waals surface area contributed by atoms with Crippen LogP contribution in [0, 0.1) is 0 Å². The van der Waals surface area contributed by atoms with Crippen LogP contribution in [0.4, 0.5) is 18.9 Å². The lowest BCUT2D eigenvalue weighted by atomic mass is 10.1. The Kier molecular flexibility index (Phi) is 4.48. The topological polar surface area (TPSA) is 75.8 Å². The molecule has 0 atom stereocenters. The van der Waals surface area contributed by atoms with Crippen LogP contribution in [-0.4, -0.2) is 40.8 Å². The summed E-state index contributed by atoms with van der Waals surface area (Å²) in [5.41, 5.74) is 5.77. The minimum atomic E-state index is -4.48. The SMILES string of the molecule is CC(C)(O)CCN1Cc2cc(N)c(OCC(F)(F)F)cc2C1=O. The van der Waals surface area contributed by atoms with Crippen LogP contribution in [0.25, 0.3) is 0 Å². The number of nitrogens with two attached hydrogens (primary N) is 1. The van der Waals surface area contributed by atoms with E-state index in [2.05, 4.69) is 4.74 Å². The Balaban J connectivity index is 2.13. The number of nitrogens with zero attached hydrogens (tertiary/aromatic N) is 1. The van der Waals surface area contributed by atoms with Crippen LogP contribution in [0.5, 0.6) is 5.75 Å². The summed E-state index contributed by atoms with van der Waals surface area (Å²) in [5.74, 6) is -0.458. The molecule has 0 bridgehead atoms. The van der Waals surface area contributed by atoms with Gasteiger partial charge < -0.3 is 20.5 Å². The summed E-state index contributed by atoms with van der Waals surface area (Å²) in [6.07, 6.45) is -4.09. The van der Waals surface area contributed by atoms with Gasteiger partial charge in [0.1, 0.15) is 5.75 Å². The minimum Gasteiger partial charge on any atom is -0.482 e. The third-order valence-electron chi connectivity index (χ3n) is 3.50. The first-order chi connectivity index (χ1) is 10.5. The highest BCUT2D eigenvalue weighted by molar-refractivity contribution is 5.99. The first-order valence-electron chi connectivity index (χ1n) is 7.10. The van der Waals surface area contributed by atoms with E-state index in [1.165, 1.54) is 17.0 Å². The Morgan fingerprint density at radius 2 is 2.00 bits per heavy atom. The number of alkyl halides is 3. The molecule has 23 heavy (non-hydrogen) atoms. The van der Waals surface area contributed by atoms with Gasteiger partial charge in [-0.25, -0.2) is 0 Å². The molecule has 1 aliphatic rings. The molecule has 1 amide bonds. The van der Waals surface area contributed by atoms with Crippen molar-refractivity contribution in [2.75, 3.05) is 18.9 Å². The number of rotatable bonds is 5. The first-order valence-corrected chi connectivity index (χ1v) is 7.10. The maximum Gasteiger partial charge on any atom is 0.422 e. The van der Waals surface area contributed by atoms with Crippen molar-refractivity contribution in [1.82, 2.24) is 4.90 Å². The molecule has 1 aromatic rings. The van der Waals surface area contributed by atoms with Crippen molar-refractivity contribution in [2.24, 2.45) is 0 Å². The number of fused-ring (bicyclic) bond motifs is 1. The number of carbonyl (C=O) groups excluding carboxylic acids is 1. The summed E-state index contributed by atoms with van der Waals surface area (Å²) in [4.78, 5) is 13.8. The Morgan fingerprint density at radius 3 is 2.57 bits per heavy atom. The number of anilines is 1. The predicted molar refractivity (Wildman–Crippen MR) is 78.1 cm³/mol. The van der Waals surface area contributed by atoms with Gasteiger partial charge in [0.15, 0.2) is 6.61 Å². The van der Waals surface area contributed by atoms with Gasteiger partial charge in [-0.15, -0.1) is 0 Å². The van der Waals surface area contributed by atoms with Crippen LogP contribution in [0.15, 0.2) is 12.1 Å². The molecule has 1 aliphatic heterocycles. The molecule has 0 saturated heterocycles. The number of carbonyl (C=O) groups is 1. The number of aliphatic hydroxyl groups is 1. The standard InChI is InChI=1S/C15H19F3N2O3/c1-14(2,22)3-4-20-7-9-5-11(19)12(6-10(9)13(20)21)23-8-15(16,17)18/h5-6,22H,3-4,7-8,19H2,1-2H3. The average molecular weight is 332 g/mol. The van der Waals surface area contributed by atoms with Gasteiger partial charge >= 0.3 is 6.18 Å². The quantitative estimate of drug-likeness (QED) is 0.812. The molecule has 1 heterocycles. The van der Waals surface area contributed by atoms with Gasteiger partial charge in [0.2, 0.25) is 0 Å². The molecule has 0 spiro atoms. The molecule has 0 aliphatic carbocycles. The molecule has 128 valence electrons. The molecule has 1 aromatic carbocycles. The fourth-order valence-corrected chi connectivity index (χ4v) is 2.30. The maximum absolute atomic E-state index is 12.3. The fraction of sp³-hybridized carbons (Fsp3) is 0.533. The lowest BCUT2D eigenvalue weighted by Crippen LogP contribution is -2.31. The fourth-order valence-electron chi connectivity index (χ4n) is 2.30. The highest BCUT2D eigenvalue weighted by Crippen LogP contribution is 2.33. The van der Waals surface area contributed by atoms with E-state index in [9.17, 15) is 23.1 Å². The van der Waals surface area contributed by atoms with Gasteiger partial charge in [-0.2, -0.15) is 13.2 Å². The monoisotopic (exact) mass is 332 g/mol. The second-order valence-electron chi connectivity index (χ2n) is 6.24. The van der Waals surface area contributed by atoms with Crippen LogP contribution in [0.2, 0.25) is 0 Å². The number of benzene rings is 1. The summed E-state index contributed by atoms with van der Waals surface area (Å²) in [7, 11) is 0. The first kappa shape index (κ1) is 17.4. The lowest BCUT2D eigenvalue weighted by Gasteiger charge is -2.22. The van der Waals surface area contributed by atoms with Crippen molar-refractivity contribution in [3.05, 3.63) is 23.3 Å². The molecule has 0 fully saturated rings. The zero-order valence-electron chi connectivity index (χ0n) is 12.9. The van der Waals surface area contributed by atoms with E-state index in [-0.39, 0.29) is 22.9 Å². The van der Waals surface area contributed by atoms with Gasteiger partial charge in [0.25, 0.3) is 5.91 Å². The van der Waals surface area contributed by atoms with Crippen molar-refractivity contribution < 1.29 is 27.8 Å². The summed E-state index contributed by atoms with van der Waals surface area (Å²) in [6, 6.07) is 2.71. The molecular formula is C15H19F3N2O3. The van der Waals surface area contributed by atoms with E-state index in [0.29, 0.717) is 25.1 Å². The minimum absolute atomic E-state index is 0.0603. The number of ether oxygens (including phenoxy) is 1. The van der Waals surface area contributed by atoms with Gasteiger partial charge in [-0.05, 0) is 38.0 Å². The molecule has 0 aromatic heterocycles. The second kappa shape index (κ2) is 5.92. The Labute approximate surface area is 131 Å². The maximum atomic E-state index is 12.3. The smallest absolute Gasteiger partial charge is 0.422 e. The zero-order chi connectivity index (χ0) is 17.4. The number of nitrogen functional groups attached to an aromatic ring is 1. The van der Waals surface area contributed by atoms with Crippen LogP contribution in [0.1, 0.15) is 36.2 Å². The highest BCUT2D eigenvalue weighted by atomic mass is 19.4. The molecule has 8 heteroatoms. The zero-order valence-corrected chi connectivity index (χ0v) is 12.9. The molecule has 0 unspecified atom stereocenters. The van der Waals surface area contributed by atoms with Crippen molar-refractivity contribution in [3.8, 4) is 5.75 Å². The van der Waals surface area contributed by atoms with Crippen LogP contribution >= 0.6 is 0 Å². The van der Waals surface area contributed by atoms with E-state index in [1.54, 1.807) is 13.8 Å². The molecule has 5 nitrogen and oxygen atoms in total. The van der Waals surface area contributed by atoms with Gasteiger partial charge in [0, 0.05) is 18.7 Å². The van der Waals surface area contributed by atoms with E-state index >= 15 is 0 Å². The van der Waals surface area contributed by atoms with Crippen molar-refractivity contribution in [1.29, 1.82) is 0 Å². The number of hydrogen-bond donors (Lipinski definition) is 2. The second-order valence-corrected chi connectivity index (χ2v) is 6.24. The van der Waals surface area contributed by atoms with E-state index in [4.69, 9.17) is 5.73 Å². The summed E-state index contributed by atoms with van der Waals surface area (Å²) in [5, 5.41) is 9.73. The van der Waals surface area contributed by atoms with Crippen LogP contribution in [-0.2, 0) is 6.54 Å². The third kappa shape index (κ3) is 4.51. The van der Waals surface area contributed by atoms with E-state index in [1.807, 2.05) is 0 Å². The number of hydrogen-bond acceptors (Lipinski definition) is 4. The summed E-state index contributed by atoms with van der Waals surface area (Å²) in [6.45, 7) is 2.47. The number of amides is 1. The molecule has 0 radical (unpaired) electrons. The molecule has 3 N–H and O–H groups in total. The van der Waals surface area contributed by atoms with Crippen molar-refractivity contribution >= 4 is 11.6 Å². The van der Waals surface area contributed by atoms with Gasteiger partial charge in [-0.3, -0.25) is 4.79 Å². The van der Waals surface area contributed by atoms with Crippen LogP contribution in [0.3, 0.4) is 0 Å².